The fourth-order valence-electron chi connectivity index (χ4n) is 2.75. The molecule has 33 heavy (non-hydrogen) atoms. The number of ether oxygens (including phenoxy) is 2. The van der Waals surface area contributed by atoms with Crippen molar-refractivity contribution in [3.63, 3.8) is 0 Å². The molecule has 0 heterocycles. The van der Waals surface area contributed by atoms with Crippen molar-refractivity contribution in [3.05, 3.63) is 76.9 Å². The van der Waals surface area contributed by atoms with Crippen LogP contribution in [0.3, 0.4) is 0 Å². The predicted molar refractivity (Wildman–Crippen MR) is 119 cm³/mol. The Kier molecular flexibility index (Phi) is 8.92. The van der Waals surface area contributed by atoms with Gasteiger partial charge < -0.3 is 14.8 Å². The van der Waals surface area contributed by atoms with Crippen LogP contribution in [0.1, 0.15) is 24.9 Å². The first kappa shape index (κ1) is 25.3. The lowest BCUT2D eigenvalue weighted by Gasteiger charge is -2.19. The average Bonchev–Trinajstić information content (AvgIpc) is 2.77. The zero-order valence-corrected chi connectivity index (χ0v) is 18.5. The Bertz CT molecular complexity index is 1130. The van der Waals surface area contributed by atoms with E-state index in [0.29, 0.717) is 5.56 Å². The molecule has 0 bridgehead atoms. The molecule has 0 aliphatic heterocycles. The summed E-state index contributed by atoms with van der Waals surface area (Å²) in [5, 5.41) is 13.5. The molecule has 176 valence electrons. The third-order valence-electron chi connectivity index (χ3n) is 4.18. The number of benzene rings is 2. The van der Waals surface area contributed by atoms with Gasteiger partial charge in [0.2, 0.25) is 0 Å². The minimum Gasteiger partial charge on any atom is -0.466 e. The van der Waals surface area contributed by atoms with E-state index in [2.05, 4.69) is 16.6 Å². The van der Waals surface area contributed by atoms with E-state index in [1.54, 1.807) is 13.0 Å². The fourth-order valence-corrected chi connectivity index (χ4v) is 3.84. The number of amides is 1. The third-order valence-corrected chi connectivity index (χ3v) is 5.56. The van der Waals surface area contributed by atoms with Gasteiger partial charge in [-0.25, -0.2) is 13.2 Å². The second-order valence-electron chi connectivity index (χ2n) is 6.58. The van der Waals surface area contributed by atoms with Crippen LogP contribution in [-0.2, 0) is 24.3 Å². The van der Waals surface area contributed by atoms with E-state index in [1.807, 2.05) is 0 Å². The zero-order valence-electron chi connectivity index (χ0n) is 17.7. The molecule has 0 saturated heterocycles. The van der Waals surface area contributed by atoms with Crippen molar-refractivity contribution in [3.8, 4) is 0 Å². The molecule has 1 amide bonds. The summed E-state index contributed by atoms with van der Waals surface area (Å²) in [5.41, 5.74) is 0.148. The van der Waals surface area contributed by atoms with E-state index in [0.717, 1.165) is 6.07 Å². The molecule has 0 aliphatic carbocycles. The van der Waals surface area contributed by atoms with E-state index >= 15 is 0 Å². The number of alkyl carbamates (subject to hydrolysis) is 1. The van der Waals surface area contributed by atoms with E-state index in [9.17, 15) is 28.1 Å². The summed E-state index contributed by atoms with van der Waals surface area (Å²) in [6.07, 6.45) is 0.355. The standard InChI is InChI=1S/C21H23N3O8S/c1-3-11-32-21(26)22-19(14-20(25)31-4-2)15-7-5-8-16(12-15)23-33(29,30)18-10-6-9-17(13-18)24(27)28/h3,5-10,12-13,19,23H,1,4,11,14H2,2H3,(H,22,26). The molecule has 0 aromatic heterocycles. The number of nitro groups is 1. The van der Waals surface area contributed by atoms with Gasteiger partial charge in [0, 0.05) is 17.8 Å². The van der Waals surface area contributed by atoms with E-state index < -0.39 is 33.1 Å². The van der Waals surface area contributed by atoms with Crippen LogP contribution in [0.5, 0.6) is 0 Å². The van der Waals surface area contributed by atoms with Crippen LogP contribution < -0.4 is 10.0 Å². The zero-order chi connectivity index (χ0) is 24.4. The number of rotatable bonds is 11. The molecule has 12 heteroatoms. The van der Waals surface area contributed by atoms with Gasteiger partial charge in [-0.05, 0) is 30.7 Å². The Labute approximate surface area is 190 Å². The minimum atomic E-state index is -4.15. The number of nitrogens with zero attached hydrogens (tertiary/aromatic N) is 1. The van der Waals surface area contributed by atoms with Crippen molar-refractivity contribution < 1.29 is 32.4 Å². The first-order chi connectivity index (χ1) is 15.7. The van der Waals surface area contributed by atoms with Gasteiger partial charge in [0.25, 0.3) is 15.7 Å². The molecule has 1 atom stereocenters. The van der Waals surface area contributed by atoms with Gasteiger partial charge in [0.15, 0.2) is 0 Å². The lowest BCUT2D eigenvalue weighted by molar-refractivity contribution is -0.385. The first-order valence-electron chi connectivity index (χ1n) is 9.73. The van der Waals surface area contributed by atoms with Crippen LogP contribution in [0, 0.1) is 10.1 Å². The van der Waals surface area contributed by atoms with Gasteiger partial charge in [-0.15, -0.1) is 0 Å². The molecule has 2 aromatic carbocycles. The Morgan fingerprint density at radius 2 is 1.91 bits per heavy atom. The quantitative estimate of drug-likeness (QED) is 0.216. The second-order valence-corrected chi connectivity index (χ2v) is 8.26. The lowest BCUT2D eigenvalue weighted by atomic mass is 10.0. The highest BCUT2D eigenvalue weighted by molar-refractivity contribution is 7.92. The largest absolute Gasteiger partial charge is 0.466 e. The van der Waals surface area contributed by atoms with Crippen molar-refractivity contribution in [1.29, 1.82) is 0 Å². The van der Waals surface area contributed by atoms with Gasteiger partial charge in [-0.2, -0.15) is 0 Å². The Balaban J connectivity index is 2.29. The molecule has 0 fully saturated rings. The molecule has 2 rings (SSSR count). The van der Waals surface area contributed by atoms with Crippen LogP contribution >= 0.6 is 0 Å². The lowest BCUT2D eigenvalue weighted by Crippen LogP contribution is -2.31. The Morgan fingerprint density at radius 1 is 1.18 bits per heavy atom. The average molecular weight is 477 g/mol. The Morgan fingerprint density at radius 3 is 2.58 bits per heavy atom. The van der Waals surface area contributed by atoms with E-state index in [-0.39, 0.29) is 35.9 Å². The number of hydrogen-bond donors (Lipinski definition) is 2. The van der Waals surface area contributed by atoms with Crippen LogP contribution in [0.25, 0.3) is 0 Å². The SMILES string of the molecule is C=CCOC(=O)NC(CC(=O)OCC)c1cccc(NS(=O)(=O)c2cccc([N+](=O)[O-])c2)c1. The monoisotopic (exact) mass is 477 g/mol. The minimum absolute atomic E-state index is 0.0407. The maximum Gasteiger partial charge on any atom is 0.407 e. The van der Waals surface area contributed by atoms with Crippen molar-refractivity contribution in [2.75, 3.05) is 17.9 Å². The number of sulfonamides is 1. The molecular weight excluding hydrogens is 454 g/mol. The van der Waals surface area contributed by atoms with Gasteiger partial charge in [0.05, 0.1) is 28.9 Å². The predicted octanol–water partition coefficient (Wildman–Crippen LogP) is 3.30. The summed E-state index contributed by atoms with van der Waals surface area (Å²) < 4.78 is 37.6. The number of non-ortho nitro benzene ring substituents is 1. The van der Waals surface area contributed by atoms with Crippen LogP contribution in [-0.4, -0.2) is 38.6 Å². The highest BCUT2D eigenvalue weighted by Crippen LogP contribution is 2.24. The van der Waals surface area contributed by atoms with E-state index in [1.165, 1.54) is 42.5 Å². The highest BCUT2D eigenvalue weighted by atomic mass is 32.2. The molecule has 1 unspecified atom stereocenters. The molecule has 0 aliphatic rings. The summed E-state index contributed by atoms with van der Waals surface area (Å²) in [6.45, 7) is 5.20. The maximum atomic E-state index is 12.7. The Hall–Kier alpha value is -3.93. The second kappa shape index (κ2) is 11.6. The molecule has 11 nitrogen and oxygen atoms in total. The van der Waals surface area contributed by atoms with Crippen molar-refractivity contribution in [2.24, 2.45) is 0 Å². The summed E-state index contributed by atoms with van der Waals surface area (Å²) in [5.74, 6) is -0.575. The van der Waals surface area contributed by atoms with Crippen molar-refractivity contribution >= 4 is 33.5 Å². The smallest absolute Gasteiger partial charge is 0.407 e. The molecule has 0 radical (unpaired) electrons. The summed E-state index contributed by atoms with van der Waals surface area (Å²) in [4.78, 5) is 34.0. The molecule has 2 N–H and O–H groups in total. The van der Waals surface area contributed by atoms with Gasteiger partial charge in [-0.3, -0.25) is 19.6 Å². The highest BCUT2D eigenvalue weighted by Gasteiger charge is 2.22. The number of nitrogens with one attached hydrogen (secondary N) is 2. The van der Waals surface area contributed by atoms with Gasteiger partial charge >= 0.3 is 12.1 Å². The molecule has 2 aromatic rings. The number of hydrogen-bond acceptors (Lipinski definition) is 8. The summed E-state index contributed by atoms with van der Waals surface area (Å²) in [6, 6.07) is 9.71. The number of anilines is 1. The van der Waals surface area contributed by atoms with Crippen LogP contribution in [0.2, 0.25) is 0 Å². The topological polar surface area (TPSA) is 154 Å². The maximum absolute atomic E-state index is 12.7. The van der Waals surface area contributed by atoms with Gasteiger partial charge in [0.1, 0.15) is 6.61 Å². The summed E-state index contributed by atoms with van der Waals surface area (Å²) >= 11 is 0. The summed E-state index contributed by atoms with van der Waals surface area (Å²) in [7, 11) is -4.15. The fraction of sp³-hybridized carbons (Fsp3) is 0.238. The molecular formula is C21H23N3O8S. The van der Waals surface area contributed by atoms with Crippen LogP contribution in [0.4, 0.5) is 16.2 Å². The number of esters is 1. The number of carbonyl (C=O) groups is 2. The molecule has 0 saturated carbocycles. The van der Waals surface area contributed by atoms with Crippen molar-refractivity contribution in [2.45, 2.75) is 24.3 Å². The van der Waals surface area contributed by atoms with E-state index in [4.69, 9.17) is 9.47 Å². The normalized spacial score (nSPS) is 11.7. The van der Waals surface area contributed by atoms with Crippen molar-refractivity contribution in [1.82, 2.24) is 5.32 Å². The third kappa shape index (κ3) is 7.61. The number of carbonyl (C=O) groups excluding carboxylic acids is 2. The van der Waals surface area contributed by atoms with Gasteiger partial charge in [-0.1, -0.05) is 30.9 Å². The number of nitro benzene ring substituents is 1. The van der Waals surface area contributed by atoms with Crippen LogP contribution in [0.15, 0.2) is 66.1 Å². The first-order valence-corrected chi connectivity index (χ1v) is 11.2. The molecule has 0 spiro atoms.